The zero-order valence-electron chi connectivity index (χ0n) is 19.8. The van der Waals surface area contributed by atoms with Gasteiger partial charge in [0.25, 0.3) is 5.91 Å². The monoisotopic (exact) mass is 533 g/mol. The largest absolute Gasteiger partial charge is 0.497 e. The van der Waals surface area contributed by atoms with Crippen LogP contribution < -0.4 is 15.4 Å². The summed E-state index contributed by atoms with van der Waals surface area (Å²) in [4.78, 5) is 25.4. The van der Waals surface area contributed by atoms with Crippen molar-refractivity contribution in [1.82, 2.24) is 20.1 Å². The lowest BCUT2D eigenvalue weighted by Crippen LogP contribution is -2.31. The number of thioether (sulfide) groups is 2. The molecule has 0 fully saturated rings. The van der Waals surface area contributed by atoms with Gasteiger partial charge in [0.2, 0.25) is 5.91 Å². The van der Waals surface area contributed by atoms with Crippen molar-refractivity contribution in [2.75, 3.05) is 30.2 Å². The second kappa shape index (κ2) is 13.4. The van der Waals surface area contributed by atoms with Crippen molar-refractivity contribution in [2.24, 2.45) is 0 Å². The van der Waals surface area contributed by atoms with E-state index in [0.717, 1.165) is 5.75 Å². The van der Waals surface area contributed by atoms with Gasteiger partial charge in [0.15, 0.2) is 11.0 Å². The maximum absolute atomic E-state index is 12.9. The Morgan fingerprint density at radius 2 is 1.89 bits per heavy atom. The van der Waals surface area contributed by atoms with Crippen LogP contribution in [0.4, 0.5) is 5.69 Å². The Kier molecular flexibility index (Phi) is 10.3. The highest BCUT2D eigenvalue weighted by Gasteiger charge is 2.23. The normalized spacial score (nSPS) is 11.7. The highest BCUT2D eigenvalue weighted by atomic mass is 35.5. The van der Waals surface area contributed by atoms with Crippen LogP contribution >= 0.6 is 35.1 Å². The molecule has 2 aromatic carbocycles. The van der Waals surface area contributed by atoms with Crippen LogP contribution in [-0.4, -0.2) is 51.5 Å². The number of hydrogen-bond acceptors (Lipinski definition) is 7. The van der Waals surface area contributed by atoms with Crippen molar-refractivity contribution >= 4 is 52.6 Å². The third-order valence-electron chi connectivity index (χ3n) is 5.12. The molecule has 0 bridgehead atoms. The summed E-state index contributed by atoms with van der Waals surface area (Å²) in [5.41, 5.74) is 1.10. The quantitative estimate of drug-likeness (QED) is 0.319. The molecule has 0 saturated carbocycles. The number of amides is 2. The van der Waals surface area contributed by atoms with Gasteiger partial charge >= 0.3 is 0 Å². The van der Waals surface area contributed by atoms with Crippen LogP contribution in [0.3, 0.4) is 0 Å². The van der Waals surface area contributed by atoms with Crippen molar-refractivity contribution in [3.05, 3.63) is 64.9 Å². The number of nitrogens with one attached hydrogen (secondary N) is 2. The molecule has 3 rings (SSSR count). The summed E-state index contributed by atoms with van der Waals surface area (Å²) in [7, 11) is 1.58. The van der Waals surface area contributed by atoms with Crippen LogP contribution in [0.25, 0.3) is 0 Å². The first-order chi connectivity index (χ1) is 17.0. The smallest absolute Gasteiger partial charge is 0.251 e. The number of carbonyl (C=O) groups is 2. The molecule has 0 aliphatic heterocycles. The predicted molar refractivity (Wildman–Crippen MR) is 143 cm³/mol. The Labute approximate surface area is 218 Å². The molecule has 1 aromatic heterocycles. The maximum atomic E-state index is 12.9. The number of aromatic nitrogens is 3. The molecule has 0 spiro atoms. The fraction of sp³-hybridized carbons (Fsp3) is 0.333. The van der Waals surface area contributed by atoms with Crippen molar-refractivity contribution < 1.29 is 14.3 Å². The highest BCUT2D eigenvalue weighted by molar-refractivity contribution is 7.99. The van der Waals surface area contributed by atoms with E-state index in [2.05, 4.69) is 20.8 Å². The molecule has 0 radical (unpaired) electrons. The molecule has 0 aliphatic carbocycles. The van der Waals surface area contributed by atoms with Gasteiger partial charge in [-0.2, -0.15) is 11.8 Å². The first-order valence-corrected chi connectivity index (χ1v) is 13.8. The summed E-state index contributed by atoms with van der Waals surface area (Å²) in [6.07, 6.45) is 2.71. The van der Waals surface area contributed by atoms with E-state index >= 15 is 0 Å². The molecule has 2 N–H and O–H groups in total. The van der Waals surface area contributed by atoms with Crippen LogP contribution in [0.2, 0.25) is 5.02 Å². The molecule has 11 heteroatoms. The van der Waals surface area contributed by atoms with Crippen LogP contribution in [0.1, 0.15) is 35.6 Å². The molecule has 0 saturated heterocycles. The molecule has 35 heavy (non-hydrogen) atoms. The van der Waals surface area contributed by atoms with Gasteiger partial charge in [-0.3, -0.25) is 9.59 Å². The van der Waals surface area contributed by atoms with Gasteiger partial charge in [-0.25, -0.2) is 0 Å². The maximum Gasteiger partial charge on any atom is 0.251 e. The lowest BCUT2D eigenvalue weighted by atomic mass is 10.1. The van der Waals surface area contributed by atoms with Gasteiger partial charge in [-0.05, 0) is 61.8 Å². The summed E-state index contributed by atoms with van der Waals surface area (Å²) >= 11 is 9.11. The summed E-state index contributed by atoms with van der Waals surface area (Å²) in [5.74, 6) is 1.95. The number of benzene rings is 2. The predicted octanol–water partition coefficient (Wildman–Crippen LogP) is 4.92. The molecule has 186 valence electrons. The van der Waals surface area contributed by atoms with Gasteiger partial charge in [-0.15, -0.1) is 10.2 Å². The molecular formula is C24H28ClN5O3S2. The SMILES string of the molecule is CCn1c(SCC(=O)Nc2ccccc2Cl)nnc1[C@H](CCSC)NC(=O)c1ccc(OC)cc1. The standard InChI is InChI=1S/C24H28ClN5O3S2/c1-4-30-22(20(13-14-34-3)27-23(32)16-9-11-17(33-2)12-10-16)28-29-24(30)35-15-21(31)26-19-8-6-5-7-18(19)25/h5-12,20H,4,13-15H2,1-3H3,(H,26,31)(H,27,32)/t20-/m0/s1. The minimum absolute atomic E-state index is 0.150. The minimum atomic E-state index is -0.323. The first kappa shape index (κ1) is 26.9. The number of hydrogen-bond donors (Lipinski definition) is 2. The van der Waals surface area contributed by atoms with Crippen LogP contribution in [0.5, 0.6) is 5.75 Å². The summed E-state index contributed by atoms with van der Waals surface area (Å²) in [6, 6.07) is 13.7. The van der Waals surface area contributed by atoms with Gasteiger partial charge in [0, 0.05) is 12.1 Å². The second-order valence-corrected chi connectivity index (χ2v) is 9.77. The molecule has 2 amide bonds. The van der Waals surface area contributed by atoms with Gasteiger partial charge < -0.3 is 19.9 Å². The molecule has 0 unspecified atom stereocenters. The molecule has 3 aromatic rings. The Balaban J connectivity index is 1.71. The van der Waals surface area contributed by atoms with E-state index < -0.39 is 0 Å². The summed E-state index contributed by atoms with van der Waals surface area (Å²) < 4.78 is 7.11. The lowest BCUT2D eigenvalue weighted by Gasteiger charge is -2.19. The Bertz CT molecular complexity index is 1140. The van der Waals surface area contributed by atoms with E-state index in [0.29, 0.717) is 46.0 Å². The Hall–Kier alpha value is -2.69. The summed E-state index contributed by atoms with van der Waals surface area (Å²) in [5, 5.41) is 15.7. The average Bonchev–Trinajstić information content (AvgIpc) is 3.29. The van der Waals surface area contributed by atoms with Crippen molar-refractivity contribution in [1.29, 1.82) is 0 Å². The van der Waals surface area contributed by atoms with Crippen molar-refractivity contribution in [3.8, 4) is 5.75 Å². The van der Waals surface area contributed by atoms with Crippen LogP contribution in [0, 0.1) is 0 Å². The topological polar surface area (TPSA) is 98.1 Å². The highest BCUT2D eigenvalue weighted by Crippen LogP contribution is 2.25. The van der Waals surface area contributed by atoms with Gasteiger partial charge in [0.1, 0.15) is 5.75 Å². The third-order valence-corrected chi connectivity index (χ3v) is 7.06. The number of ether oxygens (including phenoxy) is 1. The van der Waals surface area contributed by atoms with E-state index in [9.17, 15) is 9.59 Å². The number of carbonyl (C=O) groups excluding carboxylic acids is 2. The van der Waals surface area contributed by atoms with E-state index in [1.54, 1.807) is 61.3 Å². The summed E-state index contributed by atoms with van der Waals surface area (Å²) in [6.45, 7) is 2.59. The minimum Gasteiger partial charge on any atom is -0.497 e. The zero-order chi connectivity index (χ0) is 25.2. The number of anilines is 1. The first-order valence-electron chi connectivity index (χ1n) is 11.0. The number of para-hydroxylation sites is 1. The van der Waals surface area contributed by atoms with Crippen molar-refractivity contribution in [3.63, 3.8) is 0 Å². The van der Waals surface area contributed by atoms with Gasteiger partial charge in [-0.1, -0.05) is 35.5 Å². The molecule has 8 nitrogen and oxygen atoms in total. The van der Waals surface area contributed by atoms with Crippen molar-refractivity contribution in [2.45, 2.75) is 31.1 Å². The van der Waals surface area contributed by atoms with E-state index in [-0.39, 0.29) is 23.6 Å². The zero-order valence-corrected chi connectivity index (χ0v) is 22.2. The second-order valence-electron chi connectivity index (χ2n) is 7.44. The van der Waals surface area contributed by atoms with E-state index in [1.165, 1.54) is 11.8 Å². The molecule has 1 atom stereocenters. The number of rotatable bonds is 12. The number of nitrogens with zero attached hydrogens (tertiary/aromatic N) is 3. The molecular weight excluding hydrogens is 506 g/mol. The van der Waals surface area contributed by atoms with Crippen LogP contribution in [-0.2, 0) is 11.3 Å². The fourth-order valence-corrected chi connectivity index (χ4v) is 4.79. The number of halogens is 1. The van der Waals surface area contributed by atoms with Gasteiger partial charge in [0.05, 0.1) is 29.6 Å². The number of methoxy groups -OCH3 is 1. The van der Waals surface area contributed by atoms with E-state index in [4.69, 9.17) is 16.3 Å². The fourth-order valence-electron chi connectivity index (χ4n) is 3.33. The third kappa shape index (κ3) is 7.39. The average molecular weight is 534 g/mol. The van der Waals surface area contributed by atoms with E-state index in [1.807, 2.05) is 23.8 Å². The molecule has 0 aliphatic rings. The lowest BCUT2D eigenvalue weighted by molar-refractivity contribution is -0.113. The Morgan fingerprint density at radius 3 is 2.54 bits per heavy atom. The molecule has 1 heterocycles. The Morgan fingerprint density at radius 1 is 1.14 bits per heavy atom. The van der Waals surface area contributed by atoms with Crippen LogP contribution in [0.15, 0.2) is 53.7 Å².